The van der Waals surface area contributed by atoms with Gasteiger partial charge in [0.25, 0.3) is 0 Å². The fourth-order valence-corrected chi connectivity index (χ4v) is 1.23. The first-order valence-electron chi connectivity index (χ1n) is 4.80. The first kappa shape index (κ1) is 11.6. The molecule has 0 saturated heterocycles. The smallest absolute Gasteiger partial charge is 0.151 e. The van der Waals surface area contributed by atoms with Crippen molar-refractivity contribution < 1.29 is 9.18 Å². The van der Waals surface area contributed by atoms with Crippen LogP contribution in [0.25, 0.3) is 0 Å². The van der Waals surface area contributed by atoms with E-state index in [1.807, 2.05) is 0 Å². The van der Waals surface area contributed by atoms with E-state index in [-0.39, 0.29) is 24.6 Å². The van der Waals surface area contributed by atoms with Crippen molar-refractivity contribution in [3.05, 3.63) is 48.3 Å². The van der Waals surface area contributed by atoms with E-state index in [9.17, 15) is 9.18 Å². The van der Waals surface area contributed by atoms with E-state index in [1.54, 1.807) is 24.3 Å². The van der Waals surface area contributed by atoms with Gasteiger partial charge in [0.15, 0.2) is 5.78 Å². The predicted octanol–water partition coefficient (Wildman–Crippen LogP) is 1.71. The van der Waals surface area contributed by atoms with Gasteiger partial charge in [0.2, 0.25) is 0 Å². The zero-order valence-corrected chi connectivity index (χ0v) is 8.50. The van der Waals surface area contributed by atoms with Crippen LogP contribution in [0.2, 0.25) is 0 Å². The molecule has 0 heterocycles. The van der Waals surface area contributed by atoms with E-state index in [2.05, 4.69) is 11.9 Å². The van der Waals surface area contributed by atoms with Crippen molar-refractivity contribution in [1.82, 2.24) is 5.32 Å². The summed E-state index contributed by atoms with van der Waals surface area (Å²) in [6.07, 6.45) is 1.81. The molecule has 0 unspecified atom stereocenters. The number of halogens is 1. The second-order valence-corrected chi connectivity index (χ2v) is 3.23. The summed E-state index contributed by atoms with van der Waals surface area (Å²) in [6, 6.07) is 6.32. The van der Waals surface area contributed by atoms with Crippen LogP contribution in [0.15, 0.2) is 36.9 Å². The summed E-state index contributed by atoms with van der Waals surface area (Å²) in [6.45, 7) is 4.36. The lowest BCUT2D eigenvalue weighted by atomic mass is 10.1. The third-order valence-corrected chi connectivity index (χ3v) is 1.96. The van der Waals surface area contributed by atoms with E-state index in [1.165, 1.54) is 6.07 Å². The molecular weight excluding hydrogens is 193 g/mol. The fraction of sp³-hybridized carbons (Fsp3) is 0.250. The van der Waals surface area contributed by atoms with Gasteiger partial charge in [-0.15, -0.1) is 6.58 Å². The van der Waals surface area contributed by atoms with Crippen LogP contribution in [0.3, 0.4) is 0 Å². The number of hydrogen-bond donors (Lipinski definition) is 1. The van der Waals surface area contributed by atoms with Crippen LogP contribution in [0, 0.1) is 5.82 Å². The Morgan fingerprint density at radius 2 is 2.20 bits per heavy atom. The van der Waals surface area contributed by atoms with Gasteiger partial charge in [-0.1, -0.05) is 24.3 Å². The monoisotopic (exact) mass is 207 g/mol. The Balaban J connectivity index is 2.44. The normalized spacial score (nSPS) is 9.93. The molecule has 1 rings (SSSR count). The van der Waals surface area contributed by atoms with E-state index >= 15 is 0 Å². The molecule has 1 aromatic carbocycles. The zero-order valence-electron chi connectivity index (χ0n) is 8.50. The molecule has 0 amide bonds. The Kier molecular flexibility index (Phi) is 4.71. The molecule has 0 spiro atoms. The second-order valence-electron chi connectivity index (χ2n) is 3.23. The molecule has 3 heteroatoms. The molecule has 0 radical (unpaired) electrons. The third-order valence-electron chi connectivity index (χ3n) is 1.96. The largest absolute Gasteiger partial charge is 0.307 e. The fourth-order valence-electron chi connectivity index (χ4n) is 1.23. The number of Topliss-reactive ketones (excluding diaryl/α,β-unsaturated/α-hetero) is 1. The number of hydrogen-bond acceptors (Lipinski definition) is 2. The number of rotatable bonds is 6. The van der Waals surface area contributed by atoms with E-state index in [0.717, 1.165) is 0 Å². The van der Waals surface area contributed by atoms with E-state index in [4.69, 9.17) is 0 Å². The summed E-state index contributed by atoms with van der Waals surface area (Å²) in [5, 5.41) is 2.88. The zero-order chi connectivity index (χ0) is 11.1. The minimum absolute atomic E-state index is 0.0260. The Bertz CT molecular complexity index is 349. The molecule has 0 aromatic heterocycles. The summed E-state index contributed by atoms with van der Waals surface area (Å²) in [5.74, 6) is -0.350. The van der Waals surface area contributed by atoms with Gasteiger partial charge >= 0.3 is 0 Å². The third kappa shape index (κ3) is 4.04. The number of nitrogens with one attached hydrogen (secondary N) is 1. The molecule has 80 valence electrons. The molecule has 1 aromatic rings. The van der Waals surface area contributed by atoms with Crippen LogP contribution in [-0.2, 0) is 11.2 Å². The van der Waals surface area contributed by atoms with Crippen molar-refractivity contribution in [1.29, 1.82) is 0 Å². The molecule has 1 N–H and O–H groups in total. The number of benzene rings is 1. The molecule has 0 saturated carbocycles. The molecule has 0 aliphatic rings. The van der Waals surface area contributed by atoms with Crippen LogP contribution in [0.5, 0.6) is 0 Å². The van der Waals surface area contributed by atoms with Crippen molar-refractivity contribution in [3.8, 4) is 0 Å². The maximum atomic E-state index is 13.1. The molecule has 15 heavy (non-hydrogen) atoms. The quantitative estimate of drug-likeness (QED) is 0.568. The molecule has 0 fully saturated rings. The topological polar surface area (TPSA) is 29.1 Å². The Hall–Kier alpha value is -1.48. The van der Waals surface area contributed by atoms with Crippen LogP contribution >= 0.6 is 0 Å². The summed E-state index contributed by atoms with van der Waals surface area (Å²) in [4.78, 5) is 11.4. The Morgan fingerprint density at radius 1 is 1.47 bits per heavy atom. The lowest BCUT2D eigenvalue weighted by Gasteiger charge is -2.02. The van der Waals surface area contributed by atoms with Gasteiger partial charge in [-0.25, -0.2) is 4.39 Å². The standard InChI is InChI=1S/C12H14FNO/c1-2-7-14-9-11(15)8-10-5-3-4-6-12(10)13/h2-6,14H,1,7-9H2. The Morgan fingerprint density at radius 3 is 2.87 bits per heavy atom. The number of carbonyl (C=O) groups excluding carboxylic acids is 1. The van der Waals surface area contributed by atoms with Crippen molar-refractivity contribution in [3.63, 3.8) is 0 Å². The average molecular weight is 207 g/mol. The van der Waals surface area contributed by atoms with Crippen LogP contribution in [0.1, 0.15) is 5.56 Å². The highest BCUT2D eigenvalue weighted by atomic mass is 19.1. The van der Waals surface area contributed by atoms with Gasteiger partial charge in [-0.2, -0.15) is 0 Å². The summed E-state index contributed by atoms with van der Waals surface area (Å²) in [5.41, 5.74) is 0.447. The van der Waals surface area contributed by atoms with E-state index < -0.39 is 0 Å². The lowest BCUT2D eigenvalue weighted by molar-refractivity contribution is -0.117. The summed E-state index contributed by atoms with van der Waals surface area (Å²) >= 11 is 0. The molecular formula is C12H14FNO. The highest BCUT2D eigenvalue weighted by Crippen LogP contribution is 2.06. The average Bonchev–Trinajstić information content (AvgIpc) is 2.22. The first-order valence-corrected chi connectivity index (χ1v) is 4.80. The van der Waals surface area contributed by atoms with Crippen LogP contribution in [0.4, 0.5) is 4.39 Å². The predicted molar refractivity (Wildman–Crippen MR) is 58.2 cm³/mol. The van der Waals surface area contributed by atoms with Gasteiger partial charge in [0.05, 0.1) is 6.54 Å². The maximum Gasteiger partial charge on any atom is 0.151 e. The van der Waals surface area contributed by atoms with Gasteiger partial charge in [0, 0.05) is 13.0 Å². The van der Waals surface area contributed by atoms with Crippen LogP contribution in [-0.4, -0.2) is 18.9 Å². The summed E-state index contributed by atoms with van der Waals surface area (Å²) in [7, 11) is 0. The highest BCUT2D eigenvalue weighted by molar-refractivity contribution is 5.82. The highest BCUT2D eigenvalue weighted by Gasteiger charge is 2.06. The first-order chi connectivity index (χ1) is 7.24. The molecule has 0 aliphatic carbocycles. The SMILES string of the molecule is C=CCNCC(=O)Cc1ccccc1F. The van der Waals surface area contributed by atoms with Crippen molar-refractivity contribution >= 4 is 5.78 Å². The van der Waals surface area contributed by atoms with Gasteiger partial charge < -0.3 is 5.32 Å². The van der Waals surface area contributed by atoms with Gasteiger partial charge in [-0.3, -0.25) is 4.79 Å². The van der Waals surface area contributed by atoms with Crippen LogP contribution < -0.4 is 5.32 Å². The molecule has 0 bridgehead atoms. The van der Waals surface area contributed by atoms with Gasteiger partial charge in [-0.05, 0) is 11.6 Å². The molecule has 0 atom stereocenters. The maximum absolute atomic E-state index is 13.1. The van der Waals surface area contributed by atoms with Gasteiger partial charge in [0.1, 0.15) is 5.82 Å². The van der Waals surface area contributed by atoms with Crippen molar-refractivity contribution in [2.24, 2.45) is 0 Å². The minimum atomic E-state index is -0.324. The molecule has 2 nitrogen and oxygen atoms in total. The molecule has 0 aliphatic heterocycles. The second kappa shape index (κ2) is 6.09. The van der Waals surface area contributed by atoms with Crippen molar-refractivity contribution in [2.75, 3.05) is 13.1 Å². The van der Waals surface area contributed by atoms with Crippen molar-refractivity contribution in [2.45, 2.75) is 6.42 Å². The lowest BCUT2D eigenvalue weighted by Crippen LogP contribution is -2.24. The summed E-state index contributed by atoms with van der Waals surface area (Å²) < 4.78 is 13.1. The number of ketones is 1. The Labute approximate surface area is 88.8 Å². The minimum Gasteiger partial charge on any atom is -0.307 e. The van der Waals surface area contributed by atoms with E-state index in [0.29, 0.717) is 12.1 Å². The number of carbonyl (C=O) groups is 1.